The number of rotatable bonds is 3. The van der Waals surface area contributed by atoms with Gasteiger partial charge in [0.15, 0.2) is 0 Å². The maximum atomic E-state index is 10.3. The minimum Gasteiger partial charge on any atom is -0.508 e. The van der Waals surface area contributed by atoms with E-state index < -0.39 is 0 Å². The molecule has 0 bridgehead atoms. The van der Waals surface area contributed by atoms with Gasteiger partial charge in [-0.15, -0.1) is 0 Å². The fraction of sp³-hybridized carbons (Fsp3) is 0.625. The standard InChI is InChI=1S/C16H26N2O/c1-10(2)13-7-14(16(19)5-11(13)3)15-6-12(8-17)9-18(15)4/h5,7,10,12,15,19H,6,8-9,17H2,1-4H3. The van der Waals surface area contributed by atoms with E-state index in [0.717, 1.165) is 25.1 Å². The molecule has 1 aromatic rings. The summed E-state index contributed by atoms with van der Waals surface area (Å²) in [5.41, 5.74) is 9.35. The van der Waals surface area contributed by atoms with Crippen molar-refractivity contribution in [2.24, 2.45) is 11.7 Å². The van der Waals surface area contributed by atoms with Crippen molar-refractivity contribution in [1.29, 1.82) is 0 Å². The molecular weight excluding hydrogens is 236 g/mol. The molecular formula is C16H26N2O. The molecule has 1 aromatic carbocycles. The van der Waals surface area contributed by atoms with Crippen LogP contribution in [0.4, 0.5) is 0 Å². The molecule has 1 aliphatic heterocycles. The number of aryl methyl sites for hydroxylation is 1. The van der Waals surface area contributed by atoms with Gasteiger partial charge in [-0.05, 0) is 56.0 Å². The van der Waals surface area contributed by atoms with E-state index in [0.29, 0.717) is 23.6 Å². The molecule has 3 N–H and O–H groups in total. The van der Waals surface area contributed by atoms with Gasteiger partial charge in [-0.1, -0.05) is 19.9 Å². The van der Waals surface area contributed by atoms with E-state index in [1.807, 2.05) is 6.07 Å². The molecule has 2 unspecified atom stereocenters. The molecule has 1 fully saturated rings. The van der Waals surface area contributed by atoms with E-state index in [2.05, 4.69) is 38.8 Å². The van der Waals surface area contributed by atoms with Crippen molar-refractivity contribution < 1.29 is 5.11 Å². The van der Waals surface area contributed by atoms with E-state index in [1.54, 1.807) is 0 Å². The topological polar surface area (TPSA) is 49.5 Å². The monoisotopic (exact) mass is 262 g/mol. The Morgan fingerprint density at radius 3 is 2.63 bits per heavy atom. The lowest BCUT2D eigenvalue weighted by molar-refractivity contribution is 0.305. The first-order valence-electron chi connectivity index (χ1n) is 7.17. The Bertz CT molecular complexity index is 456. The zero-order chi connectivity index (χ0) is 14.2. The van der Waals surface area contributed by atoms with Crippen molar-refractivity contribution in [2.45, 2.75) is 39.2 Å². The van der Waals surface area contributed by atoms with E-state index in [1.165, 1.54) is 11.1 Å². The van der Waals surface area contributed by atoms with E-state index in [9.17, 15) is 5.11 Å². The third kappa shape index (κ3) is 2.77. The molecule has 0 spiro atoms. The number of hydrogen-bond donors (Lipinski definition) is 2. The normalized spacial score (nSPS) is 24.3. The number of nitrogens with zero attached hydrogens (tertiary/aromatic N) is 1. The van der Waals surface area contributed by atoms with Crippen molar-refractivity contribution in [3.8, 4) is 5.75 Å². The highest BCUT2D eigenvalue weighted by atomic mass is 16.3. The molecule has 1 aliphatic rings. The quantitative estimate of drug-likeness (QED) is 0.880. The number of phenolic OH excluding ortho intramolecular Hbond substituents is 1. The summed E-state index contributed by atoms with van der Waals surface area (Å²) in [4.78, 5) is 2.31. The minimum atomic E-state index is 0.298. The molecule has 2 rings (SSSR count). The molecule has 106 valence electrons. The van der Waals surface area contributed by atoms with Gasteiger partial charge in [-0.25, -0.2) is 0 Å². The van der Waals surface area contributed by atoms with Crippen LogP contribution in [0.25, 0.3) is 0 Å². The highest BCUT2D eigenvalue weighted by Gasteiger charge is 2.31. The third-order valence-electron chi connectivity index (χ3n) is 4.36. The van der Waals surface area contributed by atoms with E-state index >= 15 is 0 Å². The Hall–Kier alpha value is -1.06. The maximum absolute atomic E-state index is 10.3. The summed E-state index contributed by atoms with van der Waals surface area (Å²) in [6, 6.07) is 4.40. The third-order valence-corrected chi connectivity index (χ3v) is 4.36. The van der Waals surface area contributed by atoms with Gasteiger partial charge >= 0.3 is 0 Å². The van der Waals surface area contributed by atoms with Gasteiger partial charge in [0.05, 0.1) is 0 Å². The summed E-state index contributed by atoms with van der Waals surface area (Å²) >= 11 is 0. The van der Waals surface area contributed by atoms with Gasteiger partial charge in [0.25, 0.3) is 0 Å². The van der Waals surface area contributed by atoms with Crippen molar-refractivity contribution in [3.05, 3.63) is 28.8 Å². The van der Waals surface area contributed by atoms with Crippen LogP contribution < -0.4 is 5.73 Å². The predicted molar refractivity (Wildman–Crippen MR) is 79.5 cm³/mol. The predicted octanol–water partition coefficient (Wildman–Crippen LogP) is 2.78. The second-order valence-electron chi connectivity index (χ2n) is 6.22. The second kappa shape index (κ2) is 5.51. The van der Waals surface area contributed by atoms with Crippen LogP contribution in [0.2, 0.25) is 0 Å². The van der Waals surface area contributed by atoms with Gasteiger partial charge in [-0.3, -0.25) is 4.90 Å². The van der Waals surface area contributed by atoms with E-state index in [4.69, 9.17) is 5.73 Å². The first kappa shape index (κ1) is 14.4. The number of likely N-dealkylation sites (tertiary alicyclic amines) is 1. The zero-order valence-electron chi connectivity index (χ0n) is 12.5. The molecule has 1 saturated heterocycles. The molecule has 0 saturated carbocycles. The fourth-order valence-electron chi connectivity index (χ4n) is 3.26. The lowest BCUT2D eigenvalue weighted by Crippen LogP contribution is -2.20. The maximum Gasteiger partial charge on any atom is 0.120 e. The number of nitrogens with two attached hydrogens (primary N) is 1. The van der Waals surface area contributed by atoms with Gasteiger partial charge < -0.3 is 10.8 Å². The van der Waals surface area contributed by atoms with Crippen LogP contribution in [0.5, 0.6) is 5.75 Å². The first-order valence-corrected chi connectivity index (χ1v) is 7.17. The molecule has 19 heavy (non-hydrogen) atoms. The van der Waals surface area contributed by atoms with Crippen molar-refractivity contribution >= 4 is 0 Å². The van der Waals surface area contributed by atoms with Gasteiger partial charge in [-0.2, -0.15) is 0 Å². The number of benzene rings is 1. The van der Waals surface area contributed by atoms with Gasteiger partial charge in [0, 0.05) is 18.2 Å². The summed E-state index contributed by atoms with van der Waals surface area (Å²) in [5, 5.41) is 10.3. The summed E-state index contributed by atoms with van der Waals surface area (Å²) in [5.74, 6) is 1.45. The number of aromatic hydroxyl groups is 1. The molecule has 0 aliphatic carbocycles. The van der Waals surface area contributed by atoms with Crippen molar-refractivity contribution in [1.82, 2.24) is 4.90 Å². The SMILES string of the molecule is Cc1cc(O)c(C2CC(CN)CN2C)cc1C(C)C. The average molecular weight is 262 g/mol. The Labute approximate surface area is 116 Å². The smallest absolute Gasteiger partial charge is 0.120 e. The highest BCUT2D eigenvalue weighted by molar-refractivity contribution is 5.44. The number of hydrogen-bond acceptors (Lipinski definition) is 3. The second-order valence-corrected chi connectivity index (χ2v) is 6.22. The molecule has 2 atom stereocenters. The lowest BCUT2D eigenvalue weighted by Gasteiger charge is -2.23. The zero-order valence-corrected chi connectivity index (χ0v) is 12.5. The summed E-state index contributed by atoms with van der Waals surface area (Å²) in [7, 11) is 2.12. The van der Waals surface area contributed by atoms with Crippen LogP contribution in [0.15, 0.2) is 12.1 Å². The van der Waals surface area contributed by atoms with E-state index in [-0.39, 0.29) is 0 Å². The average Bonchev–Trinajstić information content (AvgIpc) is 2.70. The van der Waals surface area contributed by atoms with Crippen LogP contribution >= 0.6 is 0 Å². The Kier molecular flexibility index (Phi) is 4.16. The summed E-state index contributed by atoms with van der Waals surface area (Å²) < 4.78 is 0. The van der Waals surface area contributed by atoms with Crippen LogP contribution in [-0.2, 0) is 0 Å². The van der Waals surface area contributed by atoms with Gasteiger partial charge in [0.2, 0.25) is 0 Å². The molecule has 0 amide bonds. The van der Waals surface area contributed by atoms with Crippen molar-refractivity contribution in [2.75, 3.05) is 20.1 Å². The Morgan fingerprint density at radius 2 is 2.11 bits per heavy atom. The molecule has 0 aromatic heterocycles. The van der Waals surface area contributed by atoms with Crippen LogP contribution in [0.3, 0.4) is 0 Å². The molecule has 3 nitrogen and oxygen atoms in total. The van der Waals surface area contributed by atoms with Crippen LogP contribution in [-0.4, -0.2) is 30.1 Å². The molecule has 1 heterocycles. The van der Waals surface area contributed by atoms with Gasteiger partial charge in [0.1, 0.15) is 5.75 Å². The van der Waals surface area contributed by atoms with Crippen molar-refractivity contribution in [3.63, 3.8) is 0 Å². The lowest BCUT2D eigenvalue weighted by atomic mass is 9.91. The summed E-state index contributed by atoms with van der Waals surface area (Å²) in [6.45, 7) is 8.21. The Balaban J connectivity index is 2.37. The Morgan fingerprint density at radius 1 is 1.42 bits per heavy atom. The highest BCUT2D eigenvalue weighted by Crippen LogP contribution is 2.40. The van der Waals surface area contributed by atoms with Crippen LogP contribution in [0, 0.1) is 12.8 Å². The minimum absolute atomic E-state index is 0.298. The largest absolute Gasteiger partial charge is 0.508 e. The molecule has 0 radical (unpaired) electrons. The molecule has 3 heteroatoms. The fourth-order valence-corrected chi connectivity index (χ4v) is 3.26. The first-order chi connectivity index (χ1) is 8.93. The number of phenols is 1. The summed E-state index contributed by atoms with van der Waals surface area (Å²) in [6.07, 6.45) is 1.04. The van der Waals surface area contributed by atoms with Crippen LogP contribution in [0.1, 0.15) is 48.9 Å².